The smallest absolute Gasteiger partial charge is 0.123 e. The Labute approximate surface area is 124 Å². The minimum atomic E-state index is -0.659. The highest BCUT2D eigenvalue weighted by Crippen LogP contribution is 2.63. The molecule has 3 heteroatoms. The van der Waals surface area contributed by atoms with Crippen LogP contribution in [-0.4, -0.2) is 10.7 Å². The third-order valence-corrected chi connectivity index (χ3v) is 6.48. The second-order valence-electron chi connectivity index (χ2n) is 7.08. The summed E-state index contributed by atoms with van der Waals surface area (Å²) in [6.07, 6.45) is 6.49. The molecule has 0 amide bonds. The predicted octanol–water partition coefficient (Wildman–Crippen LogP) is 4.21. The quantitative estimate of drug-likeness (QED) is 0.866. The molecule has 0 aromatic heterocycles. The first-order valence-electron chi connectivity index (χ1n) is 7.73. The molecule has 3 aliphatic rings. The molecule has 1 aromatic carbocycles. The van der Waals surface area contributed by atoms with Gasteiger partial charge in [-0.05, 0) is 73.1 Å². The van der Waals surface area contributed by atoms with Crippen molar-refractivity contribution < 1.29 is 9.50 Å². The zero-order valence-corrected chi connectivity index (χ0v) is 12.2. The number of hydrogen-bond acceptors (Lipinski definition) is 1. The lowest BCUT2D eigenvalue weighted by Gasteiger charge is -2.39. The molecule has 5 atom stereocenters. The SMILES string of the molecule is OC1(Cc2cc(F)ccc2Cl)CC2CC1C1CCCC21. The average molecular weight is 295 g/mol. The Bertz CT molecular complexity index is 546. The lowest BCUT2D eigenvalue weighted by Crippen LogP contribution is -2.43. The largest absolute Gasteiger partial charge is 0.389 e. The van der Waals surface area contributed by atoms with E-state index in [-0.39, 0.29) is 5.82 Å². The molecule has 0 radical (unpaired) electrons. The minimum Gasteiger partial charge on any atom is -0.389 e. The highest BCUT2D eigenvalue weighted by Gasteiger charge is 2.60. The van der Waals surface area contributed by atoms with Crippen molar-refractivity contribution in [3.8, 4) is 0 Å². The predicted molar refractivity (Wildman–Crippen MR) is 77.1 cm³/mol. The van der Waals surface area contributed by atoms with Gasteiger partial charge in [-0.25, -0.2) is 4.39 Å². The lowest BCUT2D eigenvalue weighted by atomic mass is 9.70. The molecule has 5 unspecified atom stereocenters. The number of halogens is 2. The molecule has 0 spiro atoms. The van der Waals surface area contributed by atoms with E-state index in [0.717, 1.165) is 17.9 Å². The van der Waals surface area contributed by atoms with Crippen molar-refractivity contribution in [3.05, 3.63) is 34.6 Å². The summed E-state index contributed by atoms with van der Waals surface area (Å²) in [6.45, 7) is 0. The number of hydrogen-bond donors (Lipinski definition) is 1. The van der Waals surface area contributed by atoms with Gasteiger partial charge in [-0.3, -0.25) is 0 Å². The van der Waals surface area contributed by atoms with Crippen molar-refractivity contribution in [1.29, 1.82) is 0 Å². The Hall–Kier alpha value is -0.600. The first-order valence-corrected chi connectivity index (χ1v) is 8.11. The van der Waals surface area contributed by atoms with Gasteiger partial charge in [-0.1, -0.05) is 18.0 Å². The van der Waals surface area contributed by atoms with Crippen LogP contribution in [0.5, 0.6) is 0 Å². The Morgan fingerprint density at radius 2 is 2.10 bits per heavy atom. The van der Waals surface area contributed by atoms with E-state index in [1.54, 1.807) is 6.07 Å². The first kappa shape index (κ1) is 13.1. The van der Waals surface area contributed by atoms with Crippen LogP contribution >= 0.6 is 11.6 Å². The zero-order valence-electron chi connectivity index (χ0n) is 11.5. The summed E-state index contributed by atoms with van der Waals surface area (Å²) < 4.78 is 13.4. The van der Waals surface area contributed by atoms with Gasteiger partial charge in [0.15, 0.2) is 0 Å². The lowest BCUT2D eigenvalue weighted by molar-refractivity contribution is -0.0450. The summed E-state index contributed by atoms with van der Waals surface area (Å²) >= 11 is 6.17. The van der Waals surface area contributed by atoms with Crippen LogP contribution in [0, 0.1) is 29.5 Å². The highest BCUT2D eigenvalue weighted by atomic mass is 35.5. The van der Waals surface area contributed by atoms with Gasteiger partial charge in [-0.15, -0.1) is 0 Å². The van der Waals surface area contributed by atoms with E-state index >= 15 is 0 Å². The van der Waals surface area contributed by atoms with Crippen LogP contribution in [0.1, 0.15) is 37.7 Å². The molecule has 108 valence electrons. The molecule has 1 aromatic rings. The Kier molecular flexibility index (Phi) is 2.91. The van der Waals surface area contributed by atoms with E-state index in [4.69, 9.17) is 11.6 Å². The van der Waals surface area contributed by atoms with Gasteiger partial charge in [0.05, 0.1) is 5.60 Å². The summed E-state index contributed by atoms with van der Waals surface area (Å²) in [5.41, 5.74) is 0.101. The average Bonchev–Trinajstić information content (AvgIpc) is 3.04. The highest BCUT2D eigenvalue weighted by molar-refractivity contribution is 6.31. The van der Waals surface area contributed by atoms with Crippen LogP contribution < -0.4 is 0 Å². The summed E-state index contributed by atoms with van der Waals surface area (Å²) in [4.78, 5) is 0. The van der Waals surface area contributed by atoms with Crippen molar-refractivity contribution >= 4 is 11.6 Å². The summed E-state index contributed by atoms with van der Waals surface area (Å²) in [6, 6.07) is 4.46. The van der Waals surface area contributed by atoms with E-state index in [1.165, 1.54) is 37.8 Å². The maximum Gasteiger partial charge on any atom is 0.123 e. The number of benzene rings is 1. The summed E-state index contributed by atoms with van der Waals surface area (Å²) in [7, 11) is 0. The van der Waals surface area contributed by atoms with Crippen molar-refractivity contribution in [2.24, 2.45) is 23.7 Å². The third-order valence-electron chi connectivity index (χ3n) is 6.11. The van der Waals surface area contributed by atoms with Crippen LogP contribution in [0.2, 0.25) is 5.02 Å². The molecule has 3 aliphatic carbocycles. The molecule has 3 saturated carbocycles. The molecule has 0 heterocycles. The van der Waals surface area contributed by atoms with E-state index < -0.39 is 5.60 Å². The van der Waals surface area contributed by atoms with Gasteiger partial charge in [0.1, 0.15) is 5.82 Å². The molecule has 4 rings (SSSR count). The molecule has 0 aliphatic heterocycles. The standard InChI is InChI=1S/C17H20ClFO/c18-16-5-4-12(19)6-11(16)9-17(20)8-10-7-15(17)14-3-1-2-13(10)14/h4-6,10,13-15,20H,1-3,7-9H2. The zero-order chi connectivity index (χ0) is 13.9. The van der Waals surface area contributed by atoms with E-state index in [1.807, 2.05) is 0 Å². The van der Waals surface area contributed by atoms with E-state index in [9.17, 15) is 9.50 Å². The molecule has 1 nitrogen and oxygen atoms in total. The van der Waals surface area contributed by atoms with Crippen molar-refractivity contribution in [2.75, 3.05) is 0 Å². The van der Waals surface area contributed by atoms with E-state index in [2.05, 4.69) is 0 Å². The topological polar surface area (TPSA) is 20.2 Å². The molecule has 0 saturated heterocycles. The molecular weight excluding hydrogens is 275 g/mol. The second-order valence-corrected chi connectivity index (χ2v) is 7.49. The molecule has 3 fully saturated rings. The third kappa shape index (κ3) is 1.84. The fourth-order valence-electron chi connectivity index (χ4n) is 5.45. The molecule has 20 heavy (non-hydrogen) atoms. The monoisotopic (exact) mass is 294 g/mol. The molecule has 1 N–H and O–H groups in total. The Balaban J connectivity index is 1.61. The maximum absolute atomic E-state index is 13.4. The van der Waals surface area contributed by atoms with Gasteiger partial charge >= 0.3 is 0 Å². The van der Waals surface area contributed by atoms with Crippen molar-refractivity contribution in [3.63, 3.8) is 0 Å². The minimum absolute atomic E-state index is 0.269. The normalized spacial score (nSPS) is 42.1. The fraction of sp³-hybridized carbons (Fsp3) is 0.647. The maximum atomic E-state index is 13.4. The van der Waals surface area contributed by atoms with Crippen LogP contribution in [0.3, 0.4) is 0 Å². The number of fused-ring (bicyclic) bond motifs is 5. The van der Waals surface area contributed by atoms with Crippen LogP contribution in [0.25, 0.3) is 0 Å². The molecule has 2 bridgehead atoms. The van der Waals surface area contributed by atoms with Gasteiger partial charge in [0.25, 0.3) is 0 Å². The molecular formula is C17H20ClFO. The van der Waals surface area contributed by atoms with Gasteiger partial charge in [0.2, 0.25) is 0 Å². The van der Waals surface area contributed by atoms with Gasteiger partial charge in [0, 0.05) is 11.4 Å². The number of rotatable bonds is 2. The second kappa shape index (κ2) is 4.45. The number of aliphatic hydroxyl groups is 1. The van der Waals surface area contributed by atoms with Crippen LogP contribution in [0.15, 0.2) is 18.2 Å². The van der Waals surface area contributed by atoms with Crippen LogP contribution in [-0.2, 0) is 6.42 Å². The van der Waals surface area contributed by atoms with E-state index in [0.29, 0.717) is 29.2 Å². The van der Waals surface area contributed by atoms with Gasteiger partial charge < -0.3 is 5.11 Å². The van der Waals surface area contributed by atoms with Crippen LogP contribution in [0.4, 0.5) is 4.39 Å². The summed E-state index contributed by atoms with van der Waals surface area (Å²) in [5.74, 6) is 2.37. The first-order chi connectivity index (χ1) is 9.57. The fourth-order valence-corrected chi connectivity index (χ4v) is 5.63. The van der Waals surface area contributed by atoms with Crippen molar-refractivity contribution in [1.82, 2.24) is 0 Å². The van der Waals surface area contributed by atoms with Crippen molar-refractivity contribution in [2.45, 2.75) is 44.1 Å². The Morgan fingerprint density at radius 1 is 1.30 bits per heavy atom. The summed E-state index contributed by atoms with van der Waals surface area (Å²) in [5, 5.41) is 11.7. The Morgan fingerprint density at radius 3 is 2.95 bits per heavy atom. The van der Waals surface area contributed by atoms with Gasteiger partial charge in [-0.2, -0.15) is 0 Å².